The Morgan fingerprint density at radius 2 is 1.58 bits per heavy atom. The summed E-state index contributed by atoms with van der Waals surface area (Å²) in [6.45, 7) is 0. The molecule has 0 heterocycles. The van der Waals surface area contributed by atoms with Gasteiger partial charge in [0.05, 0.1) is 12.8 Å². The lowest BCUT2D eigenvalue weighted by molar-refractivity contribution is 0.415. The van der Waals surface area contributed by atoms with E-state index in [-0.39, 0.29) is 0 Å². The third-order valence-electron chi connectivity index (χ3n) is 3.56. The summed E-state index contributed by atoms with van der Waals surface area (Å²) in [5.41, 5.74) is 3.31. The Bertz CT molecular complexity index is 780. The van der Waals surface area contributed by atoms with Crippen LogP contribution in [0.25, 0.3) is 0 Å². The molecule has 24 heavy (non-hydrogen) atoms. The fraction of sp³-hybridized carbons (Fsp3) is 0.0952. The van der Waals surface area contributed by atoms with E-state index in [0.29, 0.717) is 0 Å². The molecule has 0 atom stereocenters. The van der Waals surface area contributed by atoms with Gasteiger partial charge in [-0.1, -0.05) is 30.3 Å². The summed E-state index contributed by atoms with van der Waals surface area (Å²) in [7, 11) is 1.67. The van der Waals surface area contributed by atoms with Crippen molar-refractivity contribution in [2.24, 2.45) is 4.99 Å². The van der Waals surface area contributed by atoms with Crippen LogP contribution in [-0.4, -0.2) is 13.3 Å². The first kappa shape index (κ1) is 16.3. The zero-order valence-corrected chi connectivity index (χ0v) is 14.4. The molecule has 0 radical (unpaired) electrons. The Hall–Kier alpha value is -2.52. The van der Waals surface area contributed by atoms with Gasteiger partial charge >= 0.3 is 0 Å². The third-order valence-corrected chi connectivity index (χ3v) is 4.65. The van der Waals surface area contributed by atoms with Gasteiger partial charge in [-0.15, -0.1) is 11.8 Å². The van der Waals surface area contributed by atoms with Gasteiger partial charge in [-0.25, -0.2) is 0 Å². The van der Waals surface area contributed by atoms with Gasteiger partial charge in [-0.05, 0) is 59.7 Å². The second-order valence-electron chi connectivity index (χ2n) is 5.30. The maximum atomic E-state index is 5.15. The van der Waals surface area contributed by atoms with E-state index in [2.05, 4.69) is 53.5 Å². The summed E-state index contributed by atoms with van der Waals surface area (Å²) in [6.07, 6.45) is 1.87. The molecule has 0 aromatic heterocycles. The minimum Gasteiger partial charge on any atom is -0.497 e. The molecule has 3 heteroatoms. The van der Waals surface area contributed by atoms with Gasteiger partial charge in [-0.3, -0.25) is 4.99 Å². The number of hydrogen-bond acceptors (Lipinski definition) is 3. The molecule has 0 bridgehead atoms. The molecule has 0 aliphatic rings. The molecule has 3 rings (SSSR count). The van der Waals surface area contributed by atoms with Crippen molar-refractivity contribution < 1.29 is 4.74 Å². The van der Waals surface area contributed by atoms with Gasteiger partial charge in [0.25, 0.3) is 0 Å². The highest BCUT2D eigenvalue weighted by molar-refractivity contribution is 7.98. The second-order valence-corrected chi connectivity index (χ2v) is 6.35. The summed E-state index contributed by atoms with van der Waals surface area (Å²) < 4.78 is 5.15. The molecule has 3 aromatic rings. The highest BCUT2D eigenvalue weighted by atomic mass is 32.2. The van der Waals surface area contributed by atoms with Gasteiger partial charge in [0.2, 0.25) is 0 Å². The lowest BCUT2D eigenvalue weighted by Gasteiger charge is -2.02. The Labute approximate surface area is 147 Å². The number of methoxy groups -OCH3 is 1. The van der Waals surface area contributed by atoms with Crippen LogP contribution in [0.5, 0.6) is 5.75 Å². The normalized spacial score (nSPS) is 10.9. The minimum absolute atomic E-state index is 0.854. The van der Waals surface area contributed by atoms with Crippen LogP contribution in [-0.2, 0) is 5.75 Å². The van der Waals surface area contributed by atoms with E-state index in [1.807, 2.05) is 48.3 Å². The monoisotopic (exact) mass is 333 g/mol. The number of rotatable bonds is 6. The molecule has 0 fully saturated rings. The molecular weight excluding hydrogens is 314 g/mol. The summed E-state index contributed by atoms with van der Waals surface area (Å²) in [5.74, 6) is 1.82. The Morgan fingerprint density at radius 1 is 0.875 bits per heavy atom. The molecule has 0 saturated carbocycles. The van der Waals surface area contributed by atoms with Crippen LogP contribution in [0.15, 0.2) is 88.8 Å². The van der Waals surface area contributed by atoms with E-state index in [1.165, 1.54) is 10.5 Å². The summed E-state index contributed by atoms with van der Waals surface area (Å²) in [6, 6.07) is 26.7. The molecule has 0 saturated heterocycles. The largest absolute Gasteiger partial charge is 0.497 e. The van der Waals surface area contributed by atoms with E-state index < -0.39 is 0 Å². The Kier molecular flexibility index (Phi) is 5.70. The fourth-order valence-electron chi connectivity index (χ4n) is 2.20. The van der Waals surface area contributed by atoms with Crippen molar-refractivity contribution in [3.05, 3.63) is 90.0 Å². The van der Waals surface area contributed by atoms with Gasteiger partial charge in [0, 0.05) is 16.9 Å². The van der Waals surface area contributed by atoms with E-state index in [9.17, 15) is 0 Å². The number of ether oxygens (including phenoxy) is 1. The van der Waals surface area contributed by atoms with Crippen molar-refractivity contribution in [3.63, 3.8) is 0 Å². The molecule has 3 aromatic carbocycles. The molecule has 2 nitrogen and oxygen atoms in total. The average molecular weight is 333 g/mol. The van der Waals surface area contributed by atoms with E-state index >= 15 is 0 Å². The van der Waals surface area contributed by atoms with Crippen molar-refractivity contribution >= 4 is 23.7 Å². The first-order valence-electron chi connectivity index (χ1n) is 7.78. The van der Waals surface area contributed by atoms with Crippen molar-refractivity contribution in [1.82, 2.24) is 0 Å². The molecule has 120 valence electrons. The SMILES string of the molecule is COc1ccc(C=Nc2ccc(CSc3ccccc3)cc2)cc1. The number of thioether (sulfide) groups is 1. The summed E-state index contributed by atoms with van der Waals surface area (Å²) in [5, 5.41) is 0. The maximum absolute atomic E-state index is 5.15. The quantitative estimate of drug-likeness (QED) is 0.424. The molecule has 0 aliphatic carbocycles. The molecule has 0 amide bonds. The smallest absolute Gasteiger partial charge is 0.118 e. The summed E-state index contributed by atoms with van der Waals surface area (Å²) in [4.78, 5) is 5.81. The van der Waals surface area contributed by atoms with Crippen LogP contribution in [0.3, 0.4) is 0 Å². The van der Waals surface area contributed by atoms with Gasteiger partial charge in [0.1, 0.15) is 5.75 Å². The van der Waals surface area contributed by atoms with Crippen LogP contribution >= 0.6 is 11.8 Å². The topological polar surface area (TPSA) is 21.6 Å². The average Bonchev–Trinajstić information content (AvgIpc) is 2.67. The number of hydrogen-bond donors (Lipinski definition) is 0. The fourth-order valence-corrected chi connectivity index (χ4v) is 3.08. The molecule has 0 unspecified atom stereocenters. The van der Waals surface area contributed by atoms with Gasteiger partial charge < -0.3 is 4.74 Å². The van der Waals surface area contributed by atoms with Crippen LogP contribution in [0.2, 0.25) is 0 Å². The first-order valence-corrected chi connectivity index (χ1v) is 8.77. The Balaban J connectivity index is 1.58. The predicted octanol–water partition coefficient (Wildman–Crippen LogP) is 5.74. The van der Waals surface area contributed by atoms with Crippen molar-refractivity contribution in [3.8, 4) is 5.75 Å². The highest BCUT2D eigenvalue weighted by Gasteiger charge is 1.97. The molecule has 0 spiro atoms. The van der Waals surface area contributed by atoms with Crippen LogP contribution < -0.4 is 4.74 Å². The van der Waals surface area contributed by atoms with E-state index in [4.69, 9.17) is 4.74 Å². The van der Waals surface area contributed by atoms with Gasteiger partial charge in [-0.2, -0.15) is 0 Å². The van der Waals surface area contributed by atoms with Crippen molar-refractivity contribution in [2.45, 2.75) is 10.6 Å². The first-order chi connectivity index (χ1) is 11.8. The standard InChI is InChI=1S/C21H19NOS/c1-23-20-13-9-17(10-14-20)15-22-19-11-7-18(8-12-19)16-24-21-5-3-2-4-6-21/h2-15H,16H2,1H3. The molecule has 0 aliphatic heterocycles. The third kappa shape index (κ3) is 4.74. The predicted molar refractivity (Wildman–Crippen MR) is 103 cm³/mol. The van der Waals surface area contributed by atoms with E-state index in [0.717, 1.165) is 22.8 Å². The lowest BCUT2D eigenvalue weighted by Crippen LogP contribution is -1.84. The maximum Gasteiger partial charge on any atom is 0.118 e. The molecular formula is C21H19NOS. The summed E-state index contributed by atoms with van der Waals surface area (Å²) >= 11 is 1.84. The van der Waals surface area contributed by atoms with E-state index in [1.54, 1.807) is 7.11 Å². The minimum atomic E-state index is 0.854. The zero-order chi connectivity index (χ0) is 16.6. The lowest BCUT2D eigenvalue weighted by atomic mass is 10.2. The Morgan fingerprint density at radius 3 is 2.25 bits per heavy atom. The van der Waals surface area contributed by atoms with Crippen LogP contribution in [0, 0.1) is 0 Å². The number of benzene rings is 3. The number of aliphatic imine (C=N–C) groups is 1. The van der Waals surface area contributed by atoms with Crippen molar-refractivity contribution in [1.29, 1.82) is 0 Å². The number of nitrogens with zero attached hydrogens (tertiary/aromatic N) is 1. The van der Waals surface area contributed by atoms with Crippen molar-refractivity contribution in [2.75, 3.05) is 7.11 Å². The second kappa shape index (κ2) is 8.37. The molecule has 0 N–H and O–H groups in total. The highest BCUT2D eigenvalue weighted by Crippen LogP contribution is 2.23. The van der Waals surface area contributed by atoms with Crippen LogP contribution in [0.4, 0.5) is 5.69 Å². The van der Waals surface area contributed by atoms with Gasteiger partial charge in [0.15, 0.2) is 0 Å². The zero-order valence-electron chi connectivity index (χ0n) is 13.6. The van der Waals surface area contributed by atoms with Crippen LogP contribution in [0.1, 0.15) is 11.1 Å².